The lowest BCUT2D eigenvalue weighted by molar-refractivity contribution is 0.0192. The number of likely N-dealkylation sites (N-methyl/N-ethyl adjacent to an activating group) is 1. The summed E-state index contributed by atoms with van der Waals surface area (Å²) < 4.78 is 5.74. The summed E-state index contributed by atoms with van der Waals surface area (Å²) in [5.41, 5.74) is 0. The molecule has 0 radical (unpaired) electrons. The van der Waals surface area contributed by atoms with Gasteiger partial charge in [-0.15, -0.1) is 11.3 Å². The van der Waals surface area contributed by atoms with E-state index in [2.05, 4.69) is 39.8 Å². The van der Waals surface area contributed by atoms with Gasteiger partial charge in [0.15, 0.2) is 5.96 Å². The highest BCUT2D eigenvalue weighted by atomic mass is 32.1. The van der Waals surface area contributed by atoms with Crippen molar-refractivity contribution in [1.29, 1.82) is 0 Å². The predicted octanol–water partition coefficient (Wildman–Crippen LogP) is 2.37. The van der Waals surface area contributed by atoms with E-state index in [9.17, 15) is 0 Å². The Morgan fingerprint density at radius 1 is 1.55 bits per heavy atom. The lowest BCUT2D eigenvalue weighted by atomic mass is 10.1. The molecule has 0 spiro atoms. The quantitative estimate of drug-likeness (QED) is 0.669. The first kappa shape index (κ1) is 15.3. The molecule has 1 unspecified atom stereocenters. The van der Waals surface area contributed by atoms with Gasteiger partial charge in [0.1, 0.15) is 0 Å². The number of nitrogens with one attached hydrogen (secondary N) is 1. The smallest absolute Gasteiger partial charge is 0.193 e. The van der Waals surface area contributed by atoms with E-state index >= 15 is 0 Å². The van der Waals surface area contributed by atoms with Crippen molar-refractivity contribution in [2.75, 3.05) is 33.8 Å². The summed E-state index contributed by atoms with van der Waals surface area (Å²) >= 11 is 1.81. The molecule has 0 amide bonds. The first-order valence-electron chi connectivity index (χ1n) is 7.35. The third-order valence-corrected chi connectivity index (χ3v) is 4.55. The average Bonchev–Trinajstić information content (AvgIpc) is 3.00. The van der Waals surface area contributed by atoms with E-state index < -0.39 is 0 Å². The molecule has 0 saturated carbocycles. The summed E-state index contributed by atoms with van der Waals surface area (Å²) in [7, 11) is 3.93. The van der Waals surface area contributed by atoms with Crippen LogP contribution in [0.5, 0.6) is 0 Å². The van der Waals surface area contributed by atoms with Crippen LogP contribution in [0.3, 0.4) is 0 Å². The van der Waals surface area contributed by atoms with Crippen LogP contribution >= 0.6 is 11.3 Å². The van der Waals surface area contributed by atoms with Crippen molar-refractivity contribution >= 4 is 17.3 Å². The van der Waals surface area contributed by atoms with E-state index in [4.69, 9.17) is 4.74 Å². The van der Waals surface area contributed by atoms with E-state index in [-0.39, 0.29) is 0 Å². The van der Waals surface area contributed by atoms with E-state index in [0.717, 1.165) is 38.5 Å². The molecule has 5 heteroatoms. The first-order chi connectivity index (χ1) is 9.79. The SMILES string of the molecule is CN=C(NCC1CCCCO1)N(C)CCc1cccs1. The summed E-state index contributed by atoms with van der Waals surface area (Å²) in [6.07, 6.45) is 5.04. The van der Waals surface area contributed by atoms with E-state index in [1.807, 2.05) is 18.4 Å². The molecule has 1 saturated heterocycles. The molecule has 4 nitrogen and oxygen atoms in total. The Balaban J connectivity index is 1.72. The van der Waals surface area contributed by atoms with Crippen LogP contribution in [0.4, 0.5) is 0 Å². The Labute approximate surface area is 125 Å². The Kier molecular flexibility index (Phi) is 6.33. The molecule has 2 rings (SSSR count). The van der Waals surface area contributed by atoms with Crippen LogP contribution in [0.25, 0.3) is 0 Å². The third kappa shape index (κ3) is 4.80. The summed E-state index contributed by atoms with van der Waals surface area (Å²) in [5, 5.41) is 5.55. The highest BCUT2D eigenvalue weighted by Gasteiger charge is 2.15. The fourth-order valence-corrected chi connectivity index (χ4v) is 3.10. The van der Waals surface area contributed by atoms with Gasteiger partial charge in [-0.2, -0.15) is 0 Å². The standard InChI is InChI=1S/C15H25N3OS/c1-16-15(17-12-13-6-3-4-10-19-13)18(2)9-8-14-7-5-11-20-14/h5,7,11,13H,3-4,6,8-10,12H2,1-2H3,(H,16,17). The van der Waals surface area contributed by atoms with Crippen molar-refractivity contribution in [3.05, 3.63) is 22.4 Å². The zero-order valence-corrected chi connectivity index (χ0v) is 13.3. The lowest BCUT2D eigenvalue weighted by Gasteiger charge is -2.26. The molecule has 0 aromatic carbocycles. The second-order valence-electron chi connectivity index (χ2n) is 5.17. The largest absolute Gasteiger partial charge is 0.376 e. The van der Waals surface area contributed by atoms with Crippen LogP contribution in [0.1, 0.15) is 24.1 Å². The third-order valence-electron chi connectivity index (χ3n) is 3.61. The summed E-state index contributed by atoms with van der Waals surface area (Å²) in [5.74, 6) is 0.954. The molecule has 112 valence electrons. The van der Waals surface area contributed by atoms with Crippen LogP contribution in [0, 0.1) is 0 Å². The number of nitrogens with zero attached hydrogens (tertiary/aromatic N) is 2. The summed E-state index contributed by atoms with van der Waals surface area (Å²) in [6.45, 7) is 2.74. The van der Waals surface area contributed by atoms with Gasteiger partial charge in [0, 0.05) is 38.7 Å². The molecule has 20 heavy (non-hydrogen) atoms. The number of hydrogen-bond acceptors (Lipinski definition) is 3. The molecule has 1 aliphatic heterocycles. The number of hydrogen-bond donors (Lipinski definition) is 1. The monoisotopic (exact) mass is 295 g/mol. The van der Waals surface area contributed by atoms with Gasteiger partial charge in [0.2, 0.25) is 0 Å². The Hall–Kier alpha value is -1.07. The maximum Gasteiger partial charge on any atom is 0.193 e. The van der Waals surface area contributed by atoms with Gasteiger partial charge in [-0.05, 0) is 37.1 Å². The van der Waals surface area contributed by atoms with Crippen molar-refractivity contribution in [2.24, 2.45) is 4.99 Å². The number of thiophene rings is 1. The minimum absolute atomic E-state index is 0.339. The normalized spacial score (nSPS) is 19.9. The van der Waals surface area contributed by atoms with Gasteiger partial charge in [0.25, 0.3) is 0 Å². The van der Waals surface area contributed by atoms with Gasteiger partial charge in [0.05, 0.1) is 6.10 Å². The molecule has 2 heterocycles. The van der Waals surface area contributed by atoms with Gasteiger partial charge in [-0.1, -0.05) is 6.07 Å². The minimum Gasteiger partial charge on any atom is -0.376 e. The second kappa shape index (κ2) is 8.27. The molecular weight excluding hydrogens is 270 g/mol. The summed E-state index contributed by atoms with van der Waals surface area (Å²) in [4.78, 5) is 7.95. The Morgan fingerprint density at radius 3 is 3.10 bits per heavy atom. The molecule has 0 aliphatic carbocycles. The zero-order chi connectivity index (χ0) is 14.2. The number of rotatable bonds is 5. The van der Waals surface area contributed by atoms with Crippen molar-refractivity contribution in [3.8, 4) is 0 Å². The van der Waals surface area contributed by atoms with Crippen molar-refractivity contribution in [2.45, 2.75) is 31.8 Å². The molecule has 1 aromatic rings. The maximum atomic E-state index is 5.74. The fourth-order valence-electron chi connectivity index (χ4n) is 2.40. The van der Waals surface area contributed by atoms with E-state index in [0.29, 0.717) is 6.10 Å². The van der Waals surface area contributed by atoms with Crippen molar-refractivity contribution in [1.82, 2.24) is 10.2 Å². The molecule has 1 atom stereocenters. The number of aliphatic imine (C=N–C) groups is 1. The molecule has 1 aliphatic rings. The highest BCUT2D eigenvalue weighted by molar-refractivity contribution is 7.09. The second-order valence-corrected chi connectivity index (χ2v) is 6.20. The van der Waals surface area contributed by atoms with Gasteiger partial charge in [-0.3, -0.25) is 4.99 Å². The van der Waals surface area contributed by atoms with Crippen molar-refractivity contribution in [3.63, 3.8) is 0 Å². The topological polar surface area (TPSA) is 36.9 Å². The summed E-state index contributed by atoms with van der Waals surface area (Å²) in [6, 6.07) is 4.29. The zero-order valence-electron chi connectivity index (χ0n) is 12.5. The molecule has 1 aromatic heterocycles. The average molecular weight is 295 g/mol. The first-order valence-corrected chi connectivity index (χ1v) is 8.23. The number of guanidine groups is 1. The van der Waals surface area contributed by atoms with Crippen LogP contribution in [-0.4, -0.2) is 50.8 Å². The highest BCUT2D eigenvalue weighted by Crippen LogP contribution is 2.12. The minimum atomic E-state index is 0.339. The van der Waals surface area contributed by atoms with Crippen molar-refractivity contribution < 1.29 is 4.74 Å². The van der Waals surface area contributed by atoms with Crippen LogP contribution in [0.2, 0.25) is 0 Å². The molecular formula is C15H25N3OS. The van der Waals surface area contributed by atoms with Gasteiger partial charge >= 0.3 is 0 Å². The Bertz CT molecular complexity index is 399. The van der Waals surface area contributed by atoms with Gasteiger partial charge < -0.3 is 15.0 Å². The van der Waals surface area contributed by atoms with Gasteiger partial charge in [-0.25, -0.2) is 0 Å². The lowest BCUT2D eigenvalue weighted by Crippen LogP contribution is -2.44. The molecule has 0 bridgehead atoms. The van der Waals surface area contributed by atoms with E-state index in [1.54, 1.807) is 0 Å². The maximum absolute atomic E-state index is 5.74. The predicted molar refractivity (Wildman–Crippen MR) is 85.6 cm³/mol. The van der Waals surface area contributed by atoms with Crippen LogP contribution < -0.4 is 5.32 Å². The number of ether oxygens (including phenoxy) is 1. The molecule has 1 fully saturated rings. The molecule has 1 N–H and O–H groups in total. The van der Waals surface area contributed by atoms with Crippen LogP contribution in [-0.2, 0) is 11.2 Å². The Morgan fingerprint density at radius 2 is 2.45 bits per heavy atom. The van der Waals surface area contributed by atoms with Crippen LogP contribution in [0.15, 0.2) is 22.5 Å². The fraction of sp³-hybridized carbons (Fsp3) is 0.667. The van der Waals surface area contributed by atoms with E-state index in [1.165, 1.54) is 17.7 Å².